The van der Waals surface area contributed by atoms with Crippen LogP contribution in [-0.4, -0.2) is 54.5 Å². The number of hydrogen-bond donors (Lipinski definition) is 2. The number of aliphatic hydroxyl groups is 1. The smallest absolute Gasteiger partial charge is 0.335 e. The van der Waals surface area contributed by atoms with Gasteiger partial charge in [-0.2, -0.15) is 0 Å². The Morgan fingerprint density at radius 3 is 2.44 bits per heavy atom. The highest BCUT2D eigenvalue weighted by molar-refractivity contribution is 5.87. The van der Waals surface area contributed by atoms with Crippen molar-refractivity contribution in [3.8, 4) is 0 Å². The van der Waals surface area contributed by atoms with Crippen molar-refractivity contribution in [3.05, 3.63) is 35.4 Å². The van der Waals surface area contributed by atoms with Crippen LogP contribution in [-0.2, 0) is 11.3 Å². The zero-order valence-corrected chi connectivity index (χ0v) is 10.5. The normalized spacial score (nSPS) is 10.8. The Balaban J connectivity index is 2.59. The summed E-state index contributed by atoms with van der Waals surface area (Å²) >= 11 is 0. The lowest BCUT2D eigenvalue weighted by Crippen LogP contribution is -2.29. The molecule has 0 aliphatic heterocycles. The first kappa shape index (κ1) is 14.6. The molecule has 0 saturated carbocycles. The molecule has 0 radical (unpaired) electrons. The van der Waals surface area contributed by atoms with Crippen LogP contribution in [0, 0.1) is 0 Å². The maximum atomic E-state index is 10.7. The lowest BCUT2D eigenvalue weighted by Gasteiger charge is -2.20. The molecule has 0 aliphatic rings. The first-order chi connectivity index (χ1) is 8.67. The third-order valence-corrected chi connectivity index (χ3v) is 2.63. The van der Waals surface area contributed by atoms with E-state index in [4.69, 9.17) is 14.9 Å². The monoisotopic (exact) mass is 253 g/mol. The molecular formula is C13H19NO4. The molecule has 0 bridgehead atoms. The van der Waals surface area contributed by atoms with E-state index in [9.17, 15) is 4.79 Å². The third-order valence-electron chi connectivity index (χ3n) is 2.63. The summed E-state index contributed by atoms with van der Waals surface area (Å²) in [4.78, 5) is 12.8. The van der Waals surface area contributed by atoms with Crippen LogP contribution in [0.15, 0.2) is 24.3 Å². The van der Waals surface area contributed by atoms with Crippen LogP contribution in [0.3, 0.4) is 0 Å². The van der Waals surface area contributed by atoms with Crippen LogP contribution >= 0.6 is 0 Å². The van der Waals surface area contributed by atoms with Crippen molar-refractivity contribution in [3.63, 3.8) is 0 Å². The van der Waals surface area contributed by atoms with Crippen LogP contribution in [0.2, 0.25) is 0 Å². The fourth-order valence-electron chi connectivity index (χ4n) is 1.64. The fourth-order valence-corrected chi connectivity index (χ4v) is 1.64. The quantitative estimate of drug-likeness (QED) is 0.718. The Morgan fingerprint density at radius 2 is 1.94 bits per heavy atom. The average molecular weight is 253 g/mol. The Morgan fingerprint density at radius 1 is 1.28 bits per heavy atom. The van der Waals surface area contributed by atoms with Gasteiger partial charge in [-0.25, -0.2) is 4.79 Å². The van der Waals surface area contributed by atoms with Gasteiger partial charge in [0.05, 0.1) is 18.8 Å². The van der Waals surface area contributed by atoms with Crippen LogP contribution in [0.5, 0.6) is 0 Å². The highest BCUT2D eigenvalue weighted by Gasteiger charge is 2.06. The van der Waals surface area contributed by atoms with E-state index >= 15 is 0 Å². The second kappa shape index (κ2) is 7.81. The number of aromatic carboxylic acids is 1. The van der Waals surface area contributed by atoms with E-state index in [-0.39, 0.29) is 12.2 Å². The van der Waals surface area contributed by atoms with Gasteiger partial charge in [-0.05, 0) is 17.7 Å². The fraction of sp³-hybridized carbons (Fsp3) is 0.462. The Labute approximate surface area is 107 Å². The summed E-state index contributed by atoms with van der Waals surface area (Å²) in [5, 5.41) is 17.8. The van der Waals surface area contributed by atoms with Gasteiger partial charge >= 0.3 is 5.97 Å². The van der Waals surface area contributed by atoms with Crippen LogP contribution < -0.4 is 0 Å². The number of nitrogens with zero attached hydrogens (tertiary/aromatic N) is 1. The van der Waals surface area contributed by atoms with Gasteiger partial charge in [0, 0.05) is 26.7 Å². The summed E-state index contributed by atoms with van der Waals surface area (Å²) in [7, 11) is 1.64. The van der Waals surface area contributed by atoms with E-state index in [0.29, 0.717) is 19.7 Å². The van der Waals surface area contributed by atoms with Gasteiger partial charge in [-0.15, -0.1) is 0 Å². The molecule has 18 heavy (non-hydrogen) atoms. The van der Waals surface area contributed by atoms with Gasteiger partial charge in [0.25, 0.3) is 0 Å². The van der Waals surface area contributed by atoms with Crippen molar-refractivity contribution >= 4 is 5.97 Å². The van der Waals surface area contributed by atoms with E-state index in [1.165, 1.54) is 0 Å². The number of carboxylic acid groups (broad SMARTS) is 1. The van der Waals surface area contributed by atoms with Gasteiger partial charge in [0.1, 0.15) is 0 Å². The molecule has 1 aromatic rings. The summed E-state index contributed by atoms with van der Waals surface area (Å²) in [6.45, 7) is 2.68. The molecule has 0 amide bonds. The predicted molar refractivity (Wildman–Crippen MR) is 67.6 cm³/mol. The molecule has 0 heterocycles. The minimum Gasteiger partial charge on any atom is -0.478 e. The molecule has 2 N–H and O–H groups in total. The molecule has 100 valence electrons. The number of benzene rings is 1. The molecule has 5 nitrogen and oxygen atoms in total. The Hall–Kier alpha value is -1.43. The molecule has 5 heteroatoms. The minimum atomic E-state index is -0.923. The van der Waals surface area contributed by atoms with Crippen LogP contribution in [0.25, 0.3) is 0 Å². The number of methoxy groups -OCH3 is 1. The third kappa shape index (κ3) is 4.83. The summed E-state index contributed by atoms with van der Waals surface area (Å²) < 4.78 is 5.01. The van der Waals surface area contributed by atoms with Gasteiger partial charge in [0.15, 0.2) is 0 Å². The molecule has 0 atom stereocenters. The Kier molecular flexibility index (Phi) is 6.35. The topological polar surface area (TPSA) is 70.0 Å². The van der Waals surface area contributed by atoms with E-state index in [1.54, 1.807) is 31.4 Å². The summed E-state index contributed by atoms with van der Waals surface area (Å²) in [5.74, 6) is -0.923. The average Bonchev–Trinajstić information content (AvgIpc) is 2.37. The lowest BCUT2D eigenvalue weighted by atomic mass is 10.1. The van der Waals surface area contributed by atoms with Gasteiger partial charge < -0.3 is 14.9 Å². The number of hydrogen-bond acceptors (Lipinski definition) is 4. The van der Waals surface area contributed by atoms with Crippen molar-refractivity contribution in [2.24, 2.45) is 0 Å². The molecule has 0 aliphatic carbocycles. The lowest BCUT2D eigenvalue weighted by molar-refractivity contribution is 0.0697. The van der Waals surface area contributed by atoms with E-state index < -0.39 is 5.97 Å². The first-order valence-corrected chi connectivity index (χ1v) is 5.81. The molecule has 0 aromatic heterocycles. The maximum Gasteiger partial charge on any atom is 0.335 e. The van der Waals surface area contributed by atoms with E-state index in [0.717, 1.165) is 12.1 Å². The number of aliphatic hydroxyl groups excluding tert-OH is 1. The maximum absolute atomic E-state index is 10.7. The van der Waals surface area contributed by atoms with Gasteiger partial charge in [-0.1, -0.05) is 12.1 Å². The van der Waals surface area contributed by atoms with E-state index in [1.807, 2.05) is 0 Å². The van der Waals surface area contributed by atoms with E-state index in [2.05, 4.69) is 4.90 Å². The molecular weight excluding hydrogens is 234 g/mol. The Bertz CT molecular complexity index is 364. The van der Waals surface area contributed by atoms with Gasteiger partial charge in [0.2, 0.25) is 0 Å². The molecule has 1 rings (SSSR count). The molecule has 0 fully saturated rings. The summed E-state index contributed by atoms with van der Waals surface area (Å²) in [6.07, 6.45) is 0. The first-order valence-electron chi connectivity index (χ1n) is 5.81. The summed E-state index contributed by atoms with van der Waals surface area (Å²) in [6, 6.07) is 6.76. The summed E-state index contributed by atoms with van der Waals surface area (Å²) in [5.41, 5.74) is 1.30. The SMILES string of the molecule is COCCN(CCO)Cc1ccc(C(=O)O)cc1. The van der Waals surface area contributed by atoms with Gasteiger partial charge in [-0.3, -0.25) is 4.90 Å². The number of ether oxygens (including phenoxy) is 1. The largest absolute Gasteiger partial charge is 0.478 e. The van der Waals surface area contributed by atoms with Crippen molar-refractivity contribution in [1.29, 1.82) is 0 Å². The number of carboxylic acids is 1. The molecule has 0 spiro atoms. The van der Waals surface area contributed by atoms with Crippen molar-refractivity contribution in [2.45, 2.75) is 6.54 Å². The highest BCUT2D eigenvalue weighted by Crippen LogP contribution is 2.07. The number of rotatable bonds is 8. The molecule has 0 unspecified atom stereocenters. The molecule has 0 saturated heterocycles. The van der Waals surface area contributed by atoms with Crippen molar-refractivity contribution < 1.29 is 19.7 Å². The van der Waals surface area contributed by atoms with Crippen molar-refractivity contribution in [2.75, 3.05) is 33.4 Å². The zero-order chi connectivity index (χ0) is 13.4. The van der Waals surface area contributed by atoms with Crippen molar-refractivity contribution in [1.82, 2.24) is 4.90 Å². The molecule has 1 aromatic carbocycles. The number of carbonyl (C=O) groups is 1. The van der Waals surface area contributed by atoms with Crippen LogP contribution in [0.4, 0.5) is 0 Å². The van der Waals surface area contributed by atoms with Crippen LogP contribution in [0.1, 0.15) is 15.9 Å². The highest BCUT2D eigenvalue weighted by atomic mass is 16.5. The second-order valence-electron chi connectivity index (χ2n) is 3.99. The minimum absolute atomic E-state index is 0.0942. The zero-order valence-electron chi connectivity index (χ0n) is 10.5. The predicted octanol–water partition coefficient (Wildman–Crippen LogP) is 0.826. The second-order valence-corrected chi connectivity index (χ2v) is 3.99. The standard InChI is InChI=1S/C13H19NO4/c1-18-9-7-14(6-8-15)10-11-2-4-12(5-3-11)13(16)17/h2-5,15H,6-10H2,1H3,(H,16,17).